The molecule has 0 aliphatic heterocycles. The summed E-state index contributed by atoms with van der Waals surface area (Å²) in [6, 6.07) is -0.806. The van der Waals surface area contributed by atoms with Gasteiger partial charge in [0, 0.05) is 12.2 Å². The van der Waals surface area contributed by atoms with Crippen LogP contribution in [0.2, 0.25) is 0 Å². The first-order valence-corrected chi connectivity index (χ1v) is 7.30. The van der Waals surface area contributed by atoms with Crippen molar-refractivity contribution in [2.75, 3.05) is 8.85 Å². The molecule has 1 aliphatic carbocycles. The Kier molecular flexibility index (Phi) is 4.91. The lowest BCUT2D eigenvalue weighted by Gasteiger charge is -2.32. The monoisotopic (exact) mass is 394 g/mol. The molecule has 20 heavy (non-hydrogen) atoms. The third-order valence-electron chi connectivity index (χ3n) is 3.31. The summed E-state index contributed by atoms with van der Waals surface area (Å²) in [5, 5.41) is 2.90. The molecule has 0 bridgehead atoms. The lowest BCUT2D eigenvalue weighted by atomic mass is 9.89. The molecule has 3 unspecified atom stereocenters. The van der Waals surface area contributed by atoms with Crippen LogP contribution in [0.3, 0.4) is 0 Å². The van der Waals surface area contributed by atoms with Crippen LogP contribution in [-0.2, 0) is 0 Å². The van der Waals surface area contributed by atoms with Crippen molar-refractivity contribution < 1.29 is 9.18 Å². The molecule has 1 amide bonds. The van der Waals surface area contributed by atoms with E-state index >= 15 is 0 Å². The van der Waals surface area contributed by atoms with Crippen molar-refractivity contribution in [1.82, 2.24) is 9.97 Å². The molecule has 1 aromatic rings. The topological polar surface area (TPSA) is 119 Å². The predicted molar refractivity (Wildman–Crippen MR) is 82.3 cm³/mol. The molecule has 1 fully saturated rings. The van der Waals surface area contributed by atoms with E-state index in [9.17, 15) is 9.18 Å². The highest BCUT2D eigenvalue weighted by Gasteiger charge is 2.31. The molecule has 6 N–H and O–H groups in total. The van der Waals surface area contributed by atoms with E-state index in [1.165, 1.54) is 6.20 Å². The number of primary amides is 1. The number of aromatic nitrogens is 2. The minimum Gasteiger partial charge on any atom is -0.365 e. The first kappa shape index (κ1) is 15.2. The fourth-order valence-corrected chi connectivity index (χ4v) is 2.64. The largest absolute Gasteiger partial charge is 0.365 e. The zero-order valence-electron chi connectivity index (χ0n) is 10.6. The Labute approximate surface area is 129 Å². The molecule has 1 heterocycles. The van der Waals surface area contributed by atoms with Gasteiger partial charge in [0.05, 0.1) is 28.9 Å². The van der Waals surface area contributed by atoms with Crippen LogP contribution in [0.15, 0.2) is 6.20 Å². The SMILES string of the molecule is NC(=O)c1cnc(NC2C(N)CCCC2F)nc1NI. The van der Waals surface area contributed by atoms with Gasteiger partial charge in [-0.2, -0.15) is 4.98 Å². The lowest BCUT2D eigenvalue weighted by Crippen LogP contribution is -2.49. The summed E-state index contributed by atoms with van der Waals surface area (Å²) >= 11 is 1.83. The lowest BCUT2D eigenvalue weighted by molar-refractivity contribution is 0.100. The number of hydrogen-bond donors (Lipinski definition) is 4. The predicted octanol–water partition coefficient (Wildman–Crippen LogP) is 0.967. The van der Waals surface area contributed by atoms with Crippen molar-refractivity contribution in [2.45, 2.75) is 37.5 Å². The van der Waals surface area contributed by atoms with Gasteiger partial charge < -0.3 is 20.3 Å². The molecular weight excluding hydrogens is 378 g/mol. The van der Waals surface area contributed by atoms with E-state index in [0.29, 0.717) is 6.42 Å². The van der Waals surface area contributed by atoms with Gasteiger partial charge in [-0.25, -0.2) is 9.37 Å². The summed E-state index contributed by atoms with van der Waals surface area (Å²) in [7, 11) is 0. The van der Waals surface area contributed by atoms with Crippen molar-refractivity contribution in [3.8, 4) is 0 Å². The summed E-state index contributed by atoms with van der Waals surface area (Å²) in [5.74, 6) is -0.122. The Bertz CT molecular complexity index is 492. The normalized spacial score (nSPS) is 26.1. The second-order valence-electron chi connectivity index (χ2n) is 4.70. The van der Waals surface area contributed by atoms with Crippen LogP contribution in [-0.4, -0.2) is 34.1 Å². The zero-order valence-corrected chi connectivity index (χ0v) is 12.8. The molecule has 0 radical (unpaired) electrons. The van der Waals surface area contributed by atoms with E-state index in [-0.39, 0.29) is 23.4 Å². The number of rotatable bonds is 4. The van der Waals surface area contributed by atoms with Gasteiger partial charge in [0.25, 0.3) is 5.91 Å². The van der Waals surface area contributed by atoms with Crippen molar-refractivity contribution in [3.05, 3.63) is 11.8 Å². The van der Waals surface area contributed by atoms with Gasteiger partial charge in [-0.3, -0.25) is 4.79 Å². The molecule has 1 aromatic heterocycles. The van der Waals surface area contributed by atoms with Crippen LogP contribution in [0, 0.1) is 0 Å². The van der Waals surface area contributed by atoms with Gasteiger partial charge in [-0.05, 0) is 19.3 Å². The summed E-state index contributed by atoms with van der Waals surface area (Å²) in [6.07, 6.45) is 2.29. The zero-order chi connectivity index (χ0) is 14.7. The third-order valence-corrected chi connectivity index (χ3v) is 3.82. The van der Waals surface area contributed by atoms with Gasteiger partial charge in [-0.1, -0.05) is 0 Å². The first-order valence-electron chi connectivity index (χ1n) is 6.22. The number of carbonyl (C=O) groups is 1. The van der Waals surface area contributed by atoms with E-state index in [0.717, 1.165) is 12.8 Å². The Hall–Kier alpha value is -1.23. The van der Waals surface area contributed by atoms with E-state index in [1.54, 1.807) is 0 Å². The average Bonchev–Trinajstić information content (AvgIpc) is 2.42. The van der Waals surface area contributed by atoms with Gasteiger partial charge >= 0.3 is 0 Å². The molecule has 7 nitrogen and oxygen atoms in total. The van der Waals surface area contributed by atoms with Crippen molar-refractivity contribution in [1.29, 1.82) is 0 Å². The summed E-state index contributed by atoms with van der Waals surface area (Å²) < 4.78 is 16.6. The molecular formula is C11H16FIN6O. The number of carbonyl (C=O) groups excluding carboxylic acids is 1. The van der Waals surface area contributed by atoms with Crippen LogP contribution < -0.4 is 20.3 Å². The van der Waals surface area contributed by atoms with Gasteiger partial charge in [0.2, 0.25) is 5.95 Å². The van der Waals surface area contributed by atoms with Crippen molar-refractivity contribution in [3.63, 3.8) is 0 Å². The fourth-order valence-electron chi connectivity index (χ4n) is 2.23. The maximum Gasteiger partial charge on any atom is 0.254 e. The molecule has 2 rings (SSSR count). The van der Waals surface area contributed by atoms with Gasteiger partial charge in [0.1, 0.15) is 11.7 Å². The average molecular weight is 394 g/mol. The summed E-state index contributed by atoms with van der Waals surface area (Å²) in [4.78, 5) is 19.3. The van der Waals surface area contributed by atoms with Crippen LogP contribution in [0.1, 0.15) is 29.6 Å². The summed E-state index contributed by atoms with van der Waals surface area (Å²) in [5.41, 5.74) is 11.3. The number of anilines is 2. The molecule has 0 aromatic carbocycles. The Balaban J connectivity index is 2.19. The van der Waals surface area contributed by atoms with Crippen molar-refractivity contribution in [2.24, 2.45) is 11.5 Å². The Morgan fingerprint density at radius 3 is 2.85 bits per heavy atom. The molecule has 0 spiro atoms. The summed E-state index contributed by atoms with van der Waals surface area (Å²) in [6.45, 7) is 0. The molecule has 0 saturated heterocycles. The molecule has 1 saturated carbocycles. The number of hydrogen-bond acceptors (Lipinski definition) is 6. The number of amides is 1. The smallest absolute Gasteiger partial charge is 0.254 e. The second kappa shape index (κ2) is 6.48. The van der Waals surface area contributed by atoms with Crippen molar-refractivity contribution >= 4 is 40.5 Å². The maximum absolute atomic E-state index is 13.9. The number of halogens is 2. The van der Waals surface area contributed by atoms with Crippen LogP contribution in [0.25, 0.3) is 0 Å². The molecule has 9 heteroatoms. The highest BCUT2D eigenvalue weighted by atomic mass is 127. The number of nitrogens with two attached hydrogens (primary N) is 2. The highest BCUT2D eigenvalue weighted by molar-refractivity contribution is 14.1. The van der Waals surface area contributed by atoms with E-state index in [1.807, 2.05) is 22.9 Å². The van der Waals surface area contributed by atoms with Gasteiger partial charge in [0.15, 0.2) is 5.82 Å². The minimum absolute atomic E-state index is 0.176. The van der Waals surface area contributed by atoms with E-state index < -0.39 is 18.1 Å². The first-order chi connectivity index (χ1) is 9.52. The van der Waals surface area contributed by atoms with Crippen LogP contribution in [0.5, 0.6) is 0 Å². The van der Waals surface area contributed by atoms with E-state index in [2.05, 4.69) is 18.8 Å². The van der Waals surface area contributed by atoms with Crippen LogP contribution >= 0.6 is 22.9 Å². The fraction of sp³-hybridized carbons (Fsp3) is 0.545. The second-order valence-corrected chi connectivity index (χ2v) is 5.23. The molecule has 3 atom stereocenters. The third kappa shape index (κ3) is 3.26. The number of alkyl halides is 1. The molecule has 1 aliphatic rings. The number of nitrogens with zero attached hydrogens (tertiary/aromatic N) is 2. The standard InChI is InChI=1S/C11H16FIN6O/c12-6-2-1-3-7(14)8(6)17-11-16-4-5(9(15)20)10(18-11)19-13/h4,6-8H,1-3,14H2,(H2,15,20)(H2,16,17,18,19). The van der Waals surface area contributed by atoms with Gasteiger partial charge in [-0.15, -0.1) is 0 Å². The van der Waals surface area contributed by atoms with Crippen LogP contribution in [0.4, 0.5) is 16.2 Å². The quantitative estimate of drug-likeness (QED) is 0.447. The number of nitrogens with one attached hydrogen (secondary N) is 2. The Morgan fingerprint density at radius 2 is 2.25 bits per heavy atom. The highest BCUT2D eigenvalue weighted by Crippen LogP contribution is 2.24. The van der Waals surface area contributed by atoms with E-state index in [4.69, 9.17) is 11.5 Å². The minimum atomic E-state index is -1.03. The molecule has 110 valence electrons. The Morgan fingerprint density at radius 1 is 1.50 bits per heavy atom. The maximum atomic E-state index is 13.9.